The first kappa shape index (κ1) is 13.5. The van der Waals surface area contributed by atoms with Crippen LogP contribution >= 0.6 is 0 Å². The van der Waals surface area contributed by atoms with Crippen LogP contribution in [0, 0.1) is 17.0 Å². The molecule has 110 valence electrons. The van der Waals surface area contributed by atoms with Gasteiger partial charge < -0.3 is 4.90 Å². The second-order valence-corrected chi connectivity index (χ2v) is 5.32. The number of rotatable bonds is 3. The number of nitro groups is 1. The standard InChI is InChI=1S/C14H17N5O2/c1-10-6-14(15-9-13(10)19(20)21)18-5-3-2-4-12(18)11-7-16-17-8-11/h6-9,12H,2-5H2,1H3,(H,16,17)/t12-/m0/s1. The van der Waals surface area contributed by atoms with E-state index in [2.05, 4.69) is 20.1 Å². The monoisotopic (exact) mass is 287 g/mol. The molecule has 0 spiro atoms. The van der Waals surface area contributed by atoms with E-state index in [0.29, 0.717) is 5.56 Å². The summed E-state index contributed by atoms with van der Waals surface area (Å²) < 4.78 is 0. The minimum absolute atomic E-state index is 0.0654. The van der Waals surface area contributed by atoms with Gasteiger partial charge >= 0.3 is 0 Å². The van der Waals surface area contributed by atoms with Gasteiger partial charge in [-0.25, -0.2) is 4.98 Å². The first-order chi connectivity index (χ1) is 10.2. The Hall–Kier alpha value is -2.44. The van der Waals surface area contributed by atoms with Gasteiger partial charge in [-0.15, -0.1) is 0 Å². The number of aromatic amines is 1. The van der Waals surface area contributed by atoms with Crippen molar-refractivity contribution in [3.05, 3.63) is 45.9 Å². The van der Waals surface area contributed by atoms with E-state index in [1.54, 1.807) is 13.0 Å². The van der Waals surface area contributed by atoms with Gasteiger partial charge in [0.1, 0.15) is 12.0 Å². The maximum absolute atomic E-state index is 10.9. The van der Waals surface area contributed by atoms with Crippen LogP contribution in [0.2, 0.25) is 0 Å². The predicted octanol–water partition coefficient (Wildman–Crippen LogP) is 2.75. The van der Waals surface area contributed by atoms with Crippen molar-refractivity contribution in [2.75, 3.05) is 11.4 Å². The number of nitrogens with zero attached hydrogens (tertiary/aromatic N) is 4. The Morgan fingerprint density at radius 3 is 2.95 bits per heavy atom. The fraction of sp³-hybridized carbons (Fsp3) is 0.429. The maximum Gasteiger partial charge on any atom is 0.290 e. The van der Waals surface area contributed by atoms with Crippen molar-refractivity contribution in [3.8, 4) is 0 Å². The number of H-pyrrole nitrogens is 1. The molecule has 0 saturated carbocycles. The summed E-state index contributed by atoms with van der Waals surface area (Å²) in [6, 6.07) is 2.03. The van der Waals surface area contributed by atoms with Crippen molar-refractivity contribution >= 4 is 11.5 Å². The van der Waals surface area contributed by atoms with E-state index in [4.69, 9.17) is 0 Å². The Kier molecular flexibility index (Phi) is 3.55. The van der Waals surface area contributed by atoms with E-state index in [0.717, 1.165) is 37.2 Å². The molecular formula is C14H17N5O2. The highest BCUT2D eigenvalue weighted by Crippen LogP contribution is 2.34. The van der Waals surface area contributed by atoms with Crippen molar-refractivity contribution in [1.82, 2.24) is 15.2 Å². The number of hydrogen-bond acceptors (Lipinski definition) is 5. The molecule has 0 radical (unpaired) electrons. The molecule has 0 aromatic carbocycles. The maximum atomic E-state index is 10.9. The van der Waals surface area contributed by atoms with Gasteiger partial charge in [0.2, 0.25) is 0 Å². The number of nitrogens with one attached hydrogen (secondary N) is 1. The van der Waals surface area contributed by atoms with E-state index in [-0.39, 0.29) is 11.7 Å². The number of pyridine rings is 1. The highest BCUT2D eigenvalue weighted by Gasteiger charge is 2.26. The minimum Gasteiger partial charge on any atom is -0.349 e. The van der Waals surface area contributed by atoms with Crippen LogP contribution in [-0.4, -0.2) is 26.6 Å². The molecule has 1 saturated heterocycles. The zero-order valence-electron chi connectivity index (χ0n) is 11.8. The molecule has 0 unspecified atom stereocenters. The molecule has 0 amide bonds. The van der Waals surface area contributed by atoms with E-state index < -0.39 is 4.92 Å². The number of piperidine rings is 1. The van der Waals surface area contributed by atoms with Gasteiger partial charge in [0, 0.05) is 23.9 Å². The molecule has 0 aliphatic carbocycles. The quantitative estimate of drug-likeness (QED) is 0.692. The average Bonchev–Trinajstić information content (AvgIpc) is 3.01. The average molecular weight is 287 g/mol. The first-order valence-electron chi connectivity index (χ1n) is 7.03. The van der Waals surface area contributed by atoms with Gasteiger partial charge in [0.15, 0.2) is 0 Å². The fourth-order valence-corrected chi connectivity index (χ4v) is 2.88. The number of aromatic nitrogens is 3. The van der Waals surface area contributed by atoms with Crippen LogP contribution in [0.5, 0.6) is 0 Å². The van der Waals surface area contributed by atoms with Crippen LogP contribution in [0.3, 0.4) is 0 Å². The van der Waals surface area contributed by atoms with E-state index >= 15 is 0 Å². The predicted molar refractivity (Wildman–Crippen MR) is 78.2 cm³/mol. The zero-order valence-corrected chi connectivity index (χ0v) is 11.8. The van der Waals surface area contributed by atoms with Crippen molar-refractivity contribution in [2.24, 2.45) is 0 Å². The molecule has 0 bridgehead atoms. The highest BCUT2D eigenvalue weighted by atomic mass is 16.6. The summed E-state index contributed by atoms with van der Waals surface area (Å²) in [6.07, 6.45) is 8.40. The molecule has 7 nitrogen and oxygen atoms in total. The normalized spacial score (nSPS) is 18.7. The highest BCUT2D eigenvalue weighted by molar-refractivity contribution is 5.50. The molecule has 1 fully saturated rings. The largest absolute Gasteiger partial charge is 0.349 e. The third-order valence-electron chi connectivity index (χ3n) is 3.97. The lowest BCUT2D eigenvalue weighted by molar-refractivity contribution is -0.385. The van der Waals surface area contributed by atoms with Gasteiger partial charge in [0.25, 0.3) is 5.69 Å². The van der Waals surface area contributed by atoms with Gasteiger partial charge in [-0.1, -0.05) is 0 Å². The van der Waals surface area contributed by atoms with Crippen LogP contribution < -0.4 is 4.90 Å². The second-order valence-electron chi connectivity index (χ2n) is 5.32. The summed E-state index contributed by atoms with van der Waals surface area (Å²) in [5.74, 6) is 0.795. The molecule has 2 aromatic heterocycles. The molecule has 3 heterocycles. The summed E-state index contributed by atoms with van der Waals surface area (Å²) in [5, 5.41) is 17.8. The van der Waals surface area contributed by atoms with Crippen molar-refractivity contribution in [3.63, 3.8) is 0 Å². The second kappa shape index (κ2) is 5.51. The van der Waals surface area contributed by atoms with Crippen LogP contribution in [0.15, 0.2) is 24.7 Å². The SMILES string of the molecule is Cc1cc(N2CCCC[C@H]2c2cn[nH]c2)ncc1[N+](=O)[O-]. The summed E-state index contributed by atoms with van der Waals surface area (Å²) in [6.45, 7) is 2.65. The van der Waals surface area contributed by atoms with Crippen LogP contribution in [0.25, 0.3) is 0 Å². The topological polar surface area (TPSA) is 88.0 Å². The van der Waals surface area contributed by atoms with Gasteiger partial charge in [-0.3, -0.25) is 15.2 Å². The molecule has 1 atom stereocenters. The van der Waals surface area contributed by atoms with Gasteiger partial charge in [0.05, 0.1) is 17.2 Å². The molecule has 1 aliphatic rings. The van der Waals surface area contributed by atoms with Gasteiger partial charge in [-0.05, 0) is 32.3 Å². The lowest BCUT2D eigenvalue weighted by Crippen LogP contribution is -2.33. The Balaban J connectivity index is 1.93. The lowest BCUT2D eigenvalue weighted by Gasteiger charge is -2.36. The number of anilines is 1. The van der Waals surface area contributed by atoms with Gasteiger partial charge in [-0.2, -0.15) is 5.10 Å². The molecule has 2 aromatic rings. The molecule has 7 heteroatoms. The summed E-state index contributed by atoms with van der Waals surface area (Å²) >= 11 is 0. The molecule has 1 N–H and O–H groups in total. The molecule has 21 heavy (non-hydrogen) atoms. The lowest BCUT2D eigenvalue weighted by atomic mass is 9.97. The first-order valence-corrected chi connectivity index (χ1v) is 7.03. The fourth-order valence-electron chi connectivity index (χ4n) is 2.88. The smallest absolute Gasteiger partial charge is 0.290 e. The summed E-state index contributed by atoms with van der Waals surface area (Å²) in [7, 11) is 0. The Bertz CT molecular complexity index is 641. The number of hydrogen-bond donors (Lipinski definition) is 1. The Labute approximate surface area is 122 Å². The number of aryl methyl sites for hydroxylation is 1. The third kappa shape index (κ3) is 2.58. The van der Waals surface area contributed by atoms with Crippen LogP contribution in [0.1, 0.15) is 36.4 Å². The summed E-state index contributed by atoms with van der Waals surface area (Å²) in [4.78, 5) is 17.0. The minimum atomic E-state index is -0.393. The molecular weight excluding hydrogens is 270 g/mol. The van der Waals surface area contributed by atoms with Crippen molar-refractivity contribution < 1.29 is 4.92 Å². The summed E-state index contributed by atoms with van der Waals surface area (Å²) in [5.41, 5.74) is 1.84. The van der Waals surface area contributed by atoms with E-state index in [1.165, 1.54) is 6.20 Å². The van der Waals surface area contributed by atoms with Crippen LogP contribution in [0.4, 0.5) is 11.5 Å². The third-order valence-corrected chi connectivity index (χ3v) is 3.97. The molecule has 1 aliphatic heterocycles. The Morgan fingerprint density at radius 2 is 2.29 bits per heavy atom. The van der Waals surface area contributed by atoms with Crippen molar-refractivity contribution in [2.45, 2.75) is 32.2 Å². The van der Waals surface area contributed by atoms with Crippen molar-refractivity contribution in [1.29, 1.82) is 0 Å². The Morgan fingerprint density at radius 1 is 1.43 bits per heavy atom. The molecule has 3 rings (SSSR count). The zero-order chi connectivity index (χ0) is 14.8. The van der Waals surface area contributed by atoms with E-state index in [9.17, 15) is 10.1 Å². The van der Waals surface area contributed by atoms with E-state index in [1.807, 2.05) is 12.4 Å². The van der Waals surface area contributed by atoms with Crippen LogP contribution in [-0.2, 0) is 0 Å².